The fraction of sp³-hybridized carbons (Fsp3) is 0.0769. The summed E-state index contributed by atoms with van der Waals surface area (Å²) in [5.74, 6) is 0.889. The predicted octanol–water partition coefficient (Wildman–Crippen LogP) is 5.69. The van der Waals surface area contributed by atoms with Crippen molar-refractivity contribution in [3.05, 3.63) is 103 Å². The van der Waals surface area contributed by atoms with Crippen molar-refractivity contribution in [3.8, 4) is 22.6 Å². The van der Waals surface area contributed by atoms with Crippen molar-refractivity contribution in [2.75, 3.05) is 6.26 Å². The molecule has 0 aromatic heterocycles. The van der Waals surface area contributed by atoms with E-state index in [-0.39, 0.29) is 14.7 Å². The molecule has 0 aliphatic rings. The Hall–Kier alpha value is -3.42. The zero-order valence-corrected chi connectivity index (χ0v) is 19.7. The smallest absolute Gasteiger partial charge is 0.206 e. The average molecular weight is 479 g/mol. The maximum absolute atomic E-state index is 13.0. The molecule has 0 unspecified atom stereocenters. The summed E-state index contributed by atoms with van der Waals surface area (Å²) in [7, 11) is -6.96. The van der Waals surface area contributed by atoms with Crippen LogP contribution in [0.5, 0.6) is 11.5 Å². The van der Waals surface area contributed by atoms with E-state index in [1.54, 1.807) is 48.5 Å². The van der Waals surface area contributed by atoms with Crippen LogP contribution < -0.4 is 4.74 Å². The first kappa shape index (κ1) is 22.8. The Morgan fingerprint density at radius 2 is 0.879 bits per heavy atom. The Labute approximate surface area is 194 Å². The molecule has 0 heterocycles. The van der Waals surface area contributed by atoms with Gasteiger partial charge in [0, 0.05) is 6.26 Å². The third kappa shape index (κ3) is 5.16. The minimum absolute atomic E-state index is 0.158. The summed E-state index contributed by atoms with van der Waals surface area (Å²) in [5.41, 5.74) is 3.13. The fourth-order valence-electron chi connectivity index (χ4n) is 3.29. The van der Waals surface area contributed by atoms with Gasteiger partial charge >= 0.3 is 0 Å². The van der Waals surface area contributed by atoms with Gasteiger partial charge in [0.15, 0.2) is 9.84 Å². The molecule has 0 fully saturated rings. The van der Waals surface area contributed by atoms with Gasteiger partial charge in [-0.05, 0) is 78.7 Å². The second kappa shape index (κ2) is 8.84. The van der Waals surface area contributed by atoms with Gasteiger partial charge in [-0.2, -0.15) is 0 Å². The molecule has 4 aromatic rings. The van der Waals surface area contributed by atoms with Gasteiger partial charge in [-0.1, -0.05) is 42.0 Å². The molecule has 0 aliphatic heterocycles. The summed E-state index contributed by atoms with van der Waals surface area (Å²) >= 11 is 0. The van der Waals surface area contributed by atoms with Crippen LogP contribution in [0.2, 0.25) is 0 Å². The van der Waals surface area contributed by atoms with E-state index in [0.717, 1.165) is 22.9 Å². The number of hydrogen-bond donors (Lipinski definition) is 0. The largest absolute Gasteiger partial charge is 0.457 e. The van der Waals surface area contributed by atoms with Gasteiger partial charge in [-0.25, -0.2) is 16.8 Å². The molecule has 4 rings (SSSR count). The van der Waals surface area contributed by atoms with Crippen molar-refractivity contribution in [1.29, 1.82) is 0 Å². The van der Waals surface area contributed by atoms with Crippen molar-refractivity contribution in [2.24, 2.45) is 0 Å². The van der Waals surface area contributed by atoms with Crippen molar-refractivity contribution in [1.82, 2.24) is 0 Å². The molecule has 0 bridgehead atoms. The lowest BCUT2D eigenvalue weighted by atomic mass is 10.0. The Kier molecular flexibility index (Phi) is 6.10. The molecule has 168 valence electrons. The number of benzene rings is 4. The first-order valence-corrected chi connectivity index (χ1v) is 13.5. The Morgan fingerprint density at radius 1 is 0.515 bits per heavy atom. The third-order valence-corrected chi connectivity index (χ3v) is 8.09. The molecule has 0 N–H and O–H groups in total. The highest BCUT2D eigenvalue weighted by Crippen LogP contribution is 2.28. The van der Waals surface area contributed by atoms with E-state index in [1.807, 2.05) is 31.2 Å². The van der Waals surface area contributed by atoms with E-state index >= 15 is 0 Å². The zero-order chi connectivity index (χ0) is 23.6. The molecule has 0 atom stereocenters. The average Bonchev–Trinajstić information content (AvgIpc) is 2.80. The molecule has 0 saturated carbocycles. The second-order valence-electron chi connectivity index (χ2n) is 7.71. The van der Waals surface area contributed by atoms with Crippen LogP contribution in [0.15, 0.2) is 112 Å². The number of sulfone groups is 2. The van der Waals surface area contributed by atoms with Gasteiger partial charge in [0.2, 0.25) is 9.84 Å². The first-order valence-electron chi connectivity index (χ1n) is 10.1. The monoisotopic (exact) mass is 478 g/mol. The van der Waals surface area contributed by atoms with Gasteiger partial charge in [0.05, 0.1) is 14.7 Å². The molecule has 33 heavy (non-hydrogen) atoms. The summed E-state index contributed by atoms with van der Waals surface area (Å²) in [6, 6.07) is 27.0. The van der Waals surface area contributed by atoms with E-state index in [1.165, 1.54) is 24.3 Å². The highest BCUT2D eigenvalue weighted by atomic mass is 32.2. The minimum atomic E-state index is -3.68. The molecule has 0 saturated heterocycles. The molecule has 0 radical (unpaired) electrons. The predicted molar refractivity (Wildman–Crippen MR) is 128 cm³/mol. The van der Waals surface area contributed by atoms with Crippen LogP contribution >= 0.6 is 0 Å². The lowest BCUT2D eigenvalue weighted by Crippen LogP contribution is -2.01. The molecule has 4 aromatic carbocycles. The first-order chi connectivity index (χ1) is 15.6. The SMILES string of the molecule is Cc1ccc(-c2ccc(S(=O)(=O)c3ccc(Oc4ccc(S(C)(=O)=O)cc4)cc3)cc2)cc1. The van der Waals surface area contributed by atoms with Gasteiger partial charge < -0.3 is 4.74 Å². The van der Waals surface area contributed by atoms with Gasteiger partial charge in [-0.15, -0.1) is 0 Å². The number of ether oxygens (including phenoxy) is 1. The van der Waals surface area contributed by atoms with Gasteiger partial charge in [0.25, 0.3) is 0 Å². The molecular formula is C26H22O5S2. The summed E-state index contributed by atoms with van der Waals surface area (Å²) in [4.78, 5) is 0.568. The topological polar surface area (TPSA) is 77.5 Å². The van der Waals surface area contributed by atoms with Crippen LogP contribution in [0.1, 0.15) is 5.56 Å². The standard InChI is InChI=1S/C26H22O5S2/c1-19-3-5-20(6-4-19)21-7-13-25(14-8-21)33(29,30)26-17-11-23(12-18-26)31-22-9-15-24(16-10-22)32(2,27)28/h3-18H,1-2H3. The summed E-state index contributed by atoms with van der Waals surface area (Å²) < 4.78 is 54.9. The van der Waals surface area contributed by atoms with Crippen molar-refractivity contribution < 1.29 is 21.6 Å². The number of rotatable bonds is 6. The molecule has 7 heteroatoms. The summed E-state index contributed by atoms with van der Waals surface area (Å²) in [6.45, 7) is 2.02. The summed E-state index contributed by atoms with van der Waals surface area (Å²) in [5, 5.41) is 0. The van der Waals surface area contributed by atoms with Gasteiger partial charge in [0.1, 0.15) is 11.5 Å². The van der Waals surface area contributed by atoms with E-state index in [2.05, 4.69) is 0 Å². The van der Waals surface area contributed by atoms with Crippen molar-refractivity contribution in [3.63, 3.8) is 0 Å². The maximum Gasteiger partial charge on any atom is 0.206 e. The summed E-state index contributed by atoms with van der Waals surface area (Å²) in [6.07, 6.45) is 1.14. The van der Waals surface area contributed by atoms with E-state index in [0.29, 0.717) is 11.5 Å². The molecule has 5 nitrogen and oxygen atoms in total. The lowest BCUT2D eigenvalue weighted by molar-refractivity contribution is 0.481. The Balaban J connectivity index is 1.51. The van der Waals surface area contributed by atoms with Crippen molar-refractivity contribution in [2.45, 2.75) is 21.6 Å². The van der Waals surface area contributed by atoms with Crippen LogP contribution in [0, 0.1) is 6.92 Å². The number of hydrogen-bond acceptors (Lipinski definition) is 5. The molecule has 0 spiro atoms. The van der Waals surface area contributed by atoms with Crippen LogP contribution in [0.25, 0.3) is 11.1 Å². The van der Waals surface area contributed by atoms with E-state index < -0.39 is 19.7 Å². The highest BCUT2D eigenvalue weighted by Gasteiger charge is 2.18. The quantitative estimate of drug-likeness (QED) is 0.356. The number of aryl methyl sites for hydroxylation is 1. The van der Waals surface area contributed by atoms with Crippen LogP contribution in [0.4, 0.5) is 0 Å². The van der Waals surface area contributed by atoms with E-state index in [4.69, 9.17) is 4.74 Å². The fourth-order valence-corrected chi connectivity index (χ4v) is 5.18. The second-order valence-corrected chi connectivity index (χ2v) is 11.7. The van der Waals surface area contributed by atoms with Crippen LogP contribution in [-0.4, -0.2) is 23.1 Å². The van der Waals surface area contributed by atoms with Crippen molar-refractivity contribution >= 4 is 19.7 Å². The highest BCUT2D eigenvalue weighted by molar-refractivity contribution is 7.91. The maximum atomic E-state index is 13.0. The molecule has 0 amide bonds. The minimum Gasteiger partial charge on any atom is -0.457 e. The van der Waals surface area contributed by atoms with E-state index in [9.17, 15) is 16.8 Å². The normalized spacial score (nSPS) is 11.8. The Bertz CT molecular complexity index is 1470. The Morgan fingerprint density at radius 3 is 1.30 bits per heavy atom. The van der Waals surface area contributed by atoms with Crippen LogP contribution in [-0.2, 0) is 19.7 Å². The zero-order valence-electron chi connectivity index (χ0n) is 18.1. The third-order valence-electron chi connectivity index (χ3n) is 5.17. The molecule has 0 aliphatic carbocycles. The lowest BCUT2D eigenvalue weighted by Gasteiger charge is -2.09. The van der Waals surface area contributed by atoms with Crippen LogP contribution in [0.3, 0.4) is 0 Å². The molecular weight excluding hydrogens is 456 g/mol. The van der Waals surface area contributed by atoms with Gasteiger partial charge in [-0.3, -0.25) is 0 Å².